The monoisotopic (exact) mass is 438 g/mol. The van der Waals surface area contributed by atoms with E-state index in [1.807, 2.05) is 25.1 Å². The number of rotatable bonds is 4. The summed E-state index contributed by atoms with van der Waals surface area (Å²) >= 11 is 1.63. The van der Waals surface area contributed by atoms with Gasteiger partial charge in [0, 0.05) is 41.7 Å². The van der Waals surface area contributed by atoms with Crippen LogP contribution in [0.25, 0.3) is 0 Å². The zero-order valence-corrected chi connectivity index (χ0v) is 19.4. The van der Waals surface area contributed by atoms with Crippen molar-refractivity contribution < 1.29 is 14.6 Å². The molecule has 5 nitrogen and oxygen atoms in total. The molecule has 0 amide bonds. The second kappa shape index (κ2) is 8.15. The van der Waals surface area contributed by atoms with Gasteiger partial charge in [-0.3, -0.25) is 0 Å². The van der Waals surface area contributed by atoms with Gasteiger partial charge in [-0.2, -0.15) is 0 Å². The summed E-state index contributed by atoms with van der Waals surface area (Å²) in [4.78, 5) is 5.07. The van der Waals surface area contributed by atoms with Crippen molar-refractivity contribution in [2.75, 3.05) is 12.9 Å². The van der Waals surface area contributed by atoms with Gasteiger partial charge in [0.15, 0.2) is 5.17 Å². The molecule has 2 unspecified atom stereocenters. The molecule has 31 heavy (non-hydrogen) atoms. The Labute approximate surface area is 188 Å². The number of benzene rings is 2. The van der Waals surface area contributed by atoms with Crippen LogP contribution in [0.3, 0.4) is 0 Å². The highest BCUT2D eigenvalue weighted by molar-refractivity contribution is 8.13. The standard InChI is InChI=1S/C25H30N2O3S/c1-6-11-31-23-26-24(3,4)15-25(27-23)14-20(17-7-9-19(29-5)10-8-17)22-16(2)12-18(28)13-21(22)30-25/h6-10,12-13,20,28H,1,11,14-15H2,2-5H3,(H,26,27). The van der Waals surface area contributed by atoms with E-state index >= 15 is 0 Å². The third-order valence-corrected chi connectivity index (χ3v) is 6.70. The summed E-state index contributed by atoms with van der Waals surface area (Å²) in [5, 5.41) is 14.7. The number of hydrogen-bond donors (Lipinski definition) is 2. The van der Waals surface area contributed by atoms with E-state index in [1.54, 1.807) is 31.0 Å². The van der Waals surface area contributed by atoms with Gasteiger partial charge in [-0.1, -0.05) is 30.0 Å². The Morgan fingerprint density at radius 2 is 2.06 bits per heavy atom. The Morgan fingerprint density at radius 3 is 2.74 bits per heavy atom. The normalized spacial score (nSPS) is 23.9. The minimum absolute atomic E-state index is 0.0959. The summed E-state index contributed by atoms with van der Waals surface area (Å²) in [5.41, 5.74) is 2.42. The lowest BCUT2D eigenvalue weighted by atomic mass is 9.76. The van der Waals surface area contributed by atoms with E-state index in [0.717, 1.165) is 40.6 Å². The van der Waals surface area contributed by atoms with Crippen LogP contribution in [0.4, 0.5) is 0 Å². The molecule has 164 valence electrons. The van der Waals surface area contributed by atoms with Crippen LogP contribution in [0.2, 0.25) is 0 Å². The van der Waals surface area contributed by atoms with Gasteiger partial charge in [0.2, 0.25) is 5.72 Å². The molecule has 2 aromatic carbocycles. The minimum Gasteiger partial charge on any atom is -0.508 e. The second-order valence-corrected chi connectivity index (χ2v) is 9.96. The van der Waals surface area contributed by atoms with Crippen LogP contribution in [0.15, 0.2) is 54.0 Å². The first-order valence-electron chi connectivity index (χ1n) is 10.5. The van der Waals surface area contributed by atoms with Gasteiger partial charge in [-0.05, 0) is 50.1 Å². The molecule has 2 N–H and O–H groups in total. The third kappa shape index (κ3) is 4.40. The molecule has 2 aliphatic rings. The number of phenolic OH excluding ortho intramolecular Hbond substituents is 1. The summed E-state index contributed by atoms with van der Waals surface area (Å²) in [6, 6.07) is 11.7. The maximum absolute atomic E-state index is 10.3. The van der Waals surface area contributed by atoms with Crippen molar-refractivity contribution >= 4 is 16.9 Å². The number of aliphatic imine (C=N–C) groups is 1. The average Bonchev–Trinajstić information content (AvgIpc) is 2.70. The summed E-state index contributed by atoms with van der Waals surface area (Å²) in [5.74, 6) is 2.62. The second-order valence-electron chi connectivity index (χ2n) is 8.95. The summed E-state index contributed by atoms with van der Waals surface area (Å²) in [6.07, 6.45) is 3.32. The molecule has 2 aromatic rings. The summed E-state index contributed by atoms with van der Waals surface area (Å²) in [6.45, 7) is 10.2. The van der Waals surface area contributed by atoms with Crippen molar-refractivity contribution in [3.63, 3.8) is 0 Å². The molecule has 6 heteroatoms. The molecular formula is C25H30N2O3S. The van der Waals surface area contributed by atoms with Gasteiger partial charge < -0.3 is 19.9 Å². The van der Waals surface area contributed by atoms with Crippen LogP contribution in [0, 0.1) is 6.92 Å². The van der Waals surface area contributed by atoms with Gasteiger partial charge in [0.05, 0.1) is 7.11 Å². The summed E-state index contributed by atoms with van der Waals surface area (Å²) in [7, 11) is 1.68. The Bertz CT molecular complexity index is 1020. The lowest BCUT2D eigenvalue weighted by Gasteiger charge is -2.47. The topological polar surface area (TPSA) is 63.1 Å². The van der Waals surface area contributed by atoms with E-state index in [2.05, 4.69) is 37.9 Å². The van der Waals surface area contributed by atoms with Gasteiger partial charge in [0.1, 0.15) is 17.2 Å². The number of nitrogens with one attached hydrogen (secondary N) is 1. The molecule has 2 atom stereocenters. The number of hydrogen-bond acceptors (Lipinski definition) is 6. The fourth-order valence-electron chi connectivity index (χ4n) is 4.73. The van der Waals surface area contributed by atoms with E-state index in [0.29, 0.717) is 5.75 Å². The van der Waals surface area contributed by atoms with Crippen molar-refractivity contribution in [2.24, 2.45) is 4.99 Å². The predicted octanol–water partition coefficient (Wildman–Crippen LogP) is 5.37. The van der Waals surface area contributed by atoms with E-state index in [-0.39, 0.29) is 17.2 Å². The SMILES string of the molecule is C=CCSC1=NC2(CC(c3ccc(OC)cc3)c3c(C)cc(O)cc3O2)CC(C)(C)N1. The molecule has 1 spiro atoms. The van der Waals surface area contributed by atoms with Crippen LogP contribution in [0.1, 0.15) is 49.3 Å². The number of fused-ring (bicyclic) bond motifs is 1. The molecule has 0 aliphatic carbocycles. The number of thioether (sulfide) groups is 1. The fraction of sp³-hybridized carbons (Fsp3) is 0.400. The van der Waals surface area contributed by atoms with Gasteiger partial charge in [-0.15, -0.1) is 6.58 Å². The molecule has 4 rings (SSSR count). The summed E-state index contributed by atoms with van der Waals surface area (Å²) < 4.78 is 12.0. The van der Waals surface area contributed by atoms with E-state index in [4.69, 9.17) is 14.5 Å². The Kier molecular flexibility index (Phi) is 5.69. The fourth-order valence-corrected chi connectivity index (χ4v) is 5.58. The van der Waals surface area contributed by atoms with Crippen LogP contribution < -0.4 is 14.8 Å². The Balaban J connectivity index is 1.83. The van der Waals surface area contributed by atoms with Gasteiger partial charge in [-0.25, -0.2) is 4.99 Å². The smallest absolute Gasteiger partial charge is 0.206 e. The van der Waals surface area contributed by atoms with Gasteiger partial charge in [0.25, 0.3) is 0 Å². The number of ether oxygens (including phenoxy) is 2. The first-order chi connectivity index (χ1) is 14.7. The maximum Gasteiger partial charge on any atom is 0.206 e. The lowest BCUT2D eigenvalue weighted by Crippen LogP contribution is -2.57. The molecule has 0 saturated heterocycles. The Morgan fingerprint density at radius 1 is 1.32 bits per heavy atom. The number of aryl methyl sites for hydroxylation is 1. The molecule has 0 aromatic heterocycles. The zero-order chi connectivity index (χ0) is 22.2. The van der Waals surface area contributed by atoms with Crippen LogP contribution in [0.5, 0.6) is 17.2 Å². The molecule has 0 bridgehead atoms. The minimum atomic E-state index is -0.712. The first-order valence-corrected chi connectivity index (χ1v) is 11.5. The largest absolute Gasteiger partial charge is 0.508 e. The zero-order valence-electron chi connectivity index (χ0n) is 18.6. The Hall–Kier alpha value is -2.60. The van der Waals surface area contributed by atoms with Crippen LogP contribution >= 0.6 is 11.8 Å². The molecule has 0 radical (unpaired) electrons. The number of phenols is 1. The van der Waals surface area contributed by atoms with Crippen molar-refractivity contribution in [3.05, 3.63) is 65.7 Å². The molecular weight excluding hydrogens is 408 g/mol. The number of nitrogens with zero attached hydrogens (tertiary/aromatic N) is 1. The third-order valence-electron chi connectivity index (χ3n) is 5.83. The van der Waals surface area contributed by atoms with Crippen molar-refractivity contribution in [1.29, 1.82) is 0 Å². The van der Waals surface area contributed by atoms with E-state index in [9.17, 15) is 5.11 Å². The maximum atomic E-state index is 10.3. The predicted molar refractivity (Wildman–Crippen MR) is 128 cm³/mol. The highest BCUT2D eigenvalue weighted by Crippen LogP contribution is 2.51. The molecule has 2 aliphatic heterocycles. The van der Waals surface area contributed by atoms with Crippen LogP contribution in [-0.4, -0.2) is 34.4 Å². The first kappa shape index (κ1) is 21.6. The highest BCUT2D eigenvalue weighted by Gasteiger charge is 2.48. The quantitative estimate of drug-likeness (QED) is 0.629. The molecule has 0 saturated carbocycles. The number of methoxy groups -OCH3 is 1. The lowest BCUT2D eigenvalue weighted by molar-refractivity contribution is 0.0132. The van der Waals surface area contributed by atoms with Crippen molar-refractivity contribution in [2.45, 2.75) is 50.8 Å². The van der Waals surface area contributed by atoms with Crippen molar-refractivity contribution in [3.8, 4) is 17.2 Å². The molecule has 0 fully saturated rings. The number of amidine groups is 1. The van der Waals surface area contributed by atoms with Crippen LogP contribution in [-0.2, 0) is 0 Å². The number of aromatic hydroxyl groups is 1. The molecule has 2 heterocycles. The van der Waals surface area contributed by atoms with E-state index < -0.39 is 5.72 Å². The average molecular weight is 439 g/mol. The van der Waals surface area contributed by atoms with E-state index in [1.165, 1.54) is 5.56 Å². The van der Waals surface area contributed by atoms with Gasteiger partial charge >= 0.3 is 0 Å². The van der Waals surface area contributed by atoms with Crippen molar-refractivity contribution in [1.82, 2.24) is 5.32 Å². The highest BCUT2D eigenvalue weighted by atomic mass is 32.2.